The molecule has 0 fully saturated rings. The van der Waals surface area contributed by atoms with Crippen LogP contribution in [-0.4, -0.2) is 62.7 Å². The van der Waals surface area contributed by atoms with Crippen LogP contribution in [0.3, 0.4) is 0 Å². The highest BCUT2D eigenvalue weighted by atomic mass is 16.5. The number of aliphatic hydroxyl groups is 3. The van der Waals surface area contributed by atoms with Gasteiger partial charge in [-0.05, 0) is 19.9 Å². The second kappa shape index (κ2) is 5.73. The summed E-state index contributed by atoms with van der Waals surface area (Å²) in [5.74, 6) is -4.29. The minimum atomic E-state index is -2.15. The third-order valence-electron chi connectivity index (χ3n) is 5.08. The zero-order valence-corrected chi connectivity index (χ0v) is 14.3. The van der Waals surface area contributed by atoms with E-state index in [9.17, 15) is 34.8 Å². The molecule has 0 heterocycles. The van der Waals surface area contributed by atoms with Gasteiger partial charge in [0, 0.05) is 22.8 Å². The Balaban J connectivity index is 2.30. The first kappa shape index (κ1) is 18.2. The molecule has 2 aliphatic carbocycles. The maximum atomic E-state index is 12.9. The number of fused-ring (bicyclic) bond motifs is 1. The van der Waals surface area contributed by atoms with Crippen molar-refractivity contribution in [3.63, 3.8) is 0 Å². The van der Waals surface area contributed by atoms with Gasteiger partial charge in [-0.1, -0.05) is 0 Å². The second-order valence-corrected chi connectivity index (χ2v) is 6.72. The average Bonchev–Trinajstić information content (AvgIpc) is 2.54. The van der Waals surface area contributed by atoms with Crippen molar-refractivity contribution in [1.82, 2.24) is 0 Å². The number of benzene rings is 1. The van der Waals surface area contributed by atoms with Gasteiger partial charge in [-0.3, -0.25) is 14.4 Å². The van der Waals surface area contributed by atoms with Crippen LogP contribution in [0.4, 0.5) is 0 Å². The number of ether oxygens (including phenoxy) is 1. The van der Waals surface area contributed by atoms with Crippen LogP contribution < -0.4 is 4.74 Å². The summed E-state index contributed by atoms with van der Waals surface area (Å²) in [6, 6.07) is 2.36. The summed E-state index contributed by atoms with van der Waals surface area (Å²) in [4.78, 5) is 37.7. The van der Waals surface area contributed by atoms with Crippen LogP contribution in [0.1, 0.15) is 34.6 Å². The quantitative estimate of drug-likeness (QED) is 0.565. The maximum Gasteiger partial charge on any atom is 0.196 e. The van der Waals surface area contributed by atoms with Gasteiger partial charge in [-0.15, -0.1) is 0 Å². The number of ketones is 3. The molecule has 0 unspecified atom stereocenters. The molecule has 0 saturated carbocycles. The SMILES string of the molecule is COc1cc(O)c2c(c1)C(=O)C1=C(C2=O)[C@H](O)[C@@H](C(C)=O)[C@@](C)(O)[C@@H]1O. The molecule has 0 aromatic heterocycles. The van der Waals surface area contributed by atoms with Crippen molar-refractivity contribution >= 4 is 17.3 Å². The number of phenolic OH excluding ortho intramolecular Hbond substituents is 1. The molecule has 1 aromatic rings. The highest BCUT2D eigenvalue weighted by molar-refractivity contribution is 6.29. The van der Waals surface area contributed by atoms with E-state index in [4.69, 9.17) is 4.74 Å². The zero-order valence-electron chi connectivity index (χ0n) is 14.3. The van der Waals surface area contributed by atoms with Crippen molar-refractivity contribution in [2.45, 2.75) is 31.7 Å². The summed E-state index contributed by atoms with van der Waals surface area (Å²) in [5, 5.41) is 41.8. The summed E-state index contributed by atoms with van der Waals surface area (Å²) in [6.45, 7) is 2.22. The molecule has 2 aliphatic rings. The molecule has 3 rings (SSSR count). The van der Waals surface area contributed by atoms with Crippen molar-refractivity contribution in [2.75, 3.05) is 7.11 Å². The largest absolute Gasteiger partial charge is 0.507 e. The number of phenols is 1. The summed E-state index contributed by atoms with van der Waals surface area (Å²) in [5.41, 5.74) is -3.68. The number of hydrogen-bond donors (Lipinski definition) is 4. The Hall–Kier alpha value is -2.55. The van der Waals surface area contributed by atoms with E-state index in [2.05, 4.69) is 0 Å². The van der Waals surface area contributed by atoms with Gasteiger partial charge in [0.15, 0.2) is 11.6 Å². The summed E-state index contributed by atoms with van der Waals surface area (Å²) < 4.78 is 4.97. The molecule has 0 amide bonds. The van der Waals surface area contributed by atoms with Gasteiger partial charge in [0.05, 0.1) is 24.7 Å². The highest BCUT2D eigenvalue weighted by Crippen LogP contribution is 2.45. The summed E-state index contributed by atoms with van der Waals surface area (Å²) in [6.07, 6.45) is -3.67. The Kier molecular flexibility index (Phi) is 4.02. The molecule has 138 valence electrons. The van der Waals surface area contributed by atoms with E-state index < -0.39 is 58.0 Å². The van der Waals surface area contributed by atoms with E-state index in [0.717, 1.165) is 19.9 Å². The van der Waals surface area contributed by atoms with Gasteiger partial charge in [-0.2, -0.15) is 0 Å². The highest BCUT2D eigenvalue weighted by Gasteiger charge is 2.57. The molecule has 0 bridgehead atoms. The van der Waals surface area contributed by atoms with Gasteiger partial charge < -0.3 is 25.2 Å². The Bertz CT molecular complexity index is 879. The smallest absolute Gasteiger partial charge is 0.196 e. The first-order chi connectivity index (χ1) is 12.0. The van der Waals surface area contributed by atoms with E-state index >= 15 is 0 Å². The van der Waals surface area contributed by atoms with E-state index in [0.29, 0.717) is 0 Å². The van der Waals surface area contributed by atoms with Gasteiger partial charge in [0.2, 0.25) is 0 Å². The average molecular weight is 362 g/mol. The van der Waals surface area contributed by atoms with Gasteiger partial charge in [-0.25, -0.2) is 0 Å². The van der Waals surface area contributed by atoms with E-state index in [1.54, 1.807) is 0 Å². The number of aromatic hydroxyl groups is 1. The molecule has 26 heavy (non-hydrogen) atoms. The fraction of sp³-hybridized carbons (Fsp3) is 0.389. The second-order valence-electron chi connectivity index (χ2n) is 6.72. The Labute approximate surface area is 148 Å². The Morgan fingerprint density at radius 2 is 1.77 bits per heavy atom. The molecule has 0 radical (unpaired) electrons. The van der Waals surface area contributed by atoms with Gasteiger partial charge >= 0.3 is 0 Å². The Morgan fingerprint density at radius 1 is 1.15 bits per heavy atom. The molecular weight excluding hydrogens is 344 g/mol. The normalized spacial score (nSPS) is 30.8. The van der Waals surface area contributed by atoms with Crippen molar-refractivity contribution in [1.29, 1.82) is 0 Å². The van der Waals surface area contributed by atoms with Crippen LogP contribution in [0, 0.1) is 5.92 Å². The van der Waals surface area contributed by atoms with Crippen LogP contribution in [0.25, 0.3) is 0 Å². The lowest BCUT2D eigenvalue weighted by atomic mass is 9.63. The molecule has 8 heteroatoms. The number of aliphatic hydroxyl groups excluding tert-OH is 2. The monoisotopic (exact) mass is 362 g/mol. The van der Waals surface area contributed by atoms with E-state index in [1.165, 1.54) is 13.2 Å². The molecule has 1 aromatic carbocycles. The van der Waals surface area contributed by atoms with Gasteiger partial charge in [0.1, 0.15) is 29.0 Å². The number of rotatable bonds is 2. The molecule has 0 saturated heterocycles. The lowest BCUT2D eigenvalue weighted by Gasteiger charge is -2.45. The third kappa shape index (κ3) is 2.23. The number of carbonyl (C=O) groups is 3. The van der Waals surface area contributed by atoms with Crippen molar-refractivity contribution in [2.24, 2.45) is 5.92 Å². The van der Waals surface area contributed by atoms with Crippen molar-refractivity contribution in [3.8, 4) is 11.5 Å². The molecule has 4 N–H and O–H groups in total. The first-order valence-corrected chi connectivity index (χ1v) is 7.87. The molecule has 0 aliphatic heterocycles. The van der Waals surface area contributed by atoms with E-state index in [1.807, 2.05) is 0 Å². The van der Waals surface area contributed by atoms with Crippen molar-refractivity contribution in [3.05, 3.63) is 34.4 Å². The molecule has 4 atom stereocenters. The lowest BCUT2D eigenvalue weighted by molar-refractivity contribution is -0.151. The zero-order chi connectivity index (χ0) is 19.5. The minimum Gasteiger partial charge on any atom is -0.507 e. The summed E-state index contributed by atoms with van der Waals surface area (Å²) >= 11 is 0. The minimum absolute atomic E-state index is 0.116. The van der Waals surface area contributed by atoms with Gasteiger partial charge in [0.25, 0.3) is 0 Å². The van der Waals surface area contributed by atoms with Crippen molar-refractivity contribution < 1.29 is 39.5 Å². The fourth-order valence-corrected chi connectivity index (χ4v) is 3.81. The molecular formula is C18H18O8. The standard InChI is InChI=1S/C18H18O8/c1-6(19)13-16(23)11-12(17(24)18(13,2)25)14(21)8-4-7(26-3)5-9(20)10(8)15(11)22/h4-5,13,16-17,20,23-25H,1-3H3/t13-,16+,17-,18-/m1/s1. The summed E-state index contributed by atoms with van der Waals surface area (Å²) in [7, 11) is 1.31. The number of methoxy groups -OCH3 is 1. The predicted molar refractivity (Wildman–Crippen MR) is 87.2 cm³/mol. The Morgan fingerprint density at radius 3 is 2.31 bits per heavy atom. The maximum absolute atomic E-state index is 12.9. The van der Waals surface area contributed by atoms with Crippen LogP contribution >= 0.6 is 0 Å². The van der Waals surface area contributed by atoms with Crippen LogP contribution in [0.5, 0.6) is 11.5 Å². The van der Waals surface area contributed by atoms with Crippen LogP contribution in [0.2, 0.25) is 0 Å². The van der Waals surface area contributed by atoms with Crippen LogP contribution in [-0.2, 0) is 4.79 Å². The lowest BCUT2D eigenvalue weighted by Crippen LogP contribution is -2.60. The molecule has 0 spiro atoms. The number of Topliss-reactive ketones (excluding diaryl/α,β-unsaturated/α-hetero) is 3. The number of carbonyl (C=O) groups excluding carboxylic acids is 3. The number of hydrogen-bond acceptors (Lipinski definition) is 8. The third-order valence-corrected chi connectivity index (χ3v) is 5.08. The predicted octanol–water partition coefficient (Wildman–Crippen LogP) is -0.232. The van der Waals surface area contributed by atoms with E-state index in [-0.39, 0.29) is 16.9 Å². The van der Waals surface area contributed by atoms with Crippen LogP contribution in [0.15, 0.2) is 23.3 Å². The first-order valence-electron chi connectivity index (χ1n) is 7.87. The molecule has 8 nitrogen and oxygen atoms in total. The topological polar surface area (TPSA) is 141 Å². The fourth-order valence-electron chi connectivity index (χ4n) is 3.81.